The minimum Gasteiger partial charge on any atom is -0.310 e. The standard InChI is InChI=1S/C65H49N/c1-63(2)56-28-16-13-25-49(56)52-35-33-47(38-59(52)63)66(48-34-36-53-50-26-14-17-29-57(50)64(3,4)60(53)39-48)62-41-61-55(40-54(62)44-32-31-42-19-11-12-20-43(42)37-44)51-27-15-18-30-58(51)65(61,45-21-7-5-8-22-45)46-23-9-6-10-24-46/h5-41H,1-4H3. The van der Waals surface area contributed by atoms with Crippen LogP contribution in [-0.2, 0) is 16.2 Å². The van der Waals surface area contributed by atoms with E-state index in [1.807, 2.05) is 0 Å². The molecule has 66 heavy (non-hydrogen) atoms. The van der Waals surface area contributed by atoms with Crippen molar-refractivity contribution in [1.29, 1.82) is 0 Å². The first-order valence-corrected chi connectivity index (χ1v) is 23.4. The zero-order valence-corrected chi connectivity index (χ0v) is 37.8. The van der Waals surface area contributed by atoms with Gasteiger partial charge in [0.1, 0.15) is 0 Å². The highest BCUT2D eigenvalue weighted by molar-refractivity contribution is 6.00. The van der Waals surface area contributed by atoms with E-state index in [0.29, 0.717) is 0 Å². The highest BCUT2D eigenvalue weighted by atomic mass is 15.1. The van der Waals surface area contributed by atoms with E-state index in [4.69, 9.17) is 0 Å². The first kappa shape index (κ1) is 38.7. The molecule has 0 amide bonds. The zero-order chi connectivity index (χ0) is 44.4. The first-order chi connectivity index (χ1) is 32.2. The fourth-order valence-electron chi connectivity index (χ4n) is 12.3. The molecular formula is C65H49N. The van der Waals surface area contributed by atoms with E-state index >= 15 is 0 Å². The van der Waals surface area contributed by atoms with Crippen LogP contribution in [0.1, 0.15) is 72.2 Å². The van der Waals surface area contributed by atoms with Crippen molar-refractivity contribution in [2.24, 2.45) is 0 Å². The van der Waals surface area contributed by atoms with Crippen molar-refractivity contribution in [2.75, 3.05) is 4.90 Å². The van der Waals surface area contributed by atoms with Gasteiger partial charge >= 0.3 is 0 Å². The maximum atomic E-state index is 2.59. The molecule has 0 saturated carbocycles. The number of hydrogen-bond acceptors (Lipinski definition) is 1. The molecule has 3 aliphatic carbocycles. The summed E-state index contributed by atoms with van der Waals surface area (Å²) in [6.45, 7) is 9.56. The van der Waals surface area contributed by atoms with Crippen molar-refractivity contribution in [3.05, 3.63) is 269 Å². The third kappa shape index (κ3) is 5.35. The molecule has 314 valence electrons. The highest BCUT2D eigenvalue weighted by Crippen LogP contribution is 2.60. The third-order valence-electron chi connectivity index (χ3n) is 15.5. The summed E-state index contributed by atoms with van der Waals surface area (Å²) in [5.41, 5.74) is 23.3. The van der Waals surface area contributed by atoms with Crippen LogP contribution in [-0.4, -0.2) is 0 Å². The topological polar surface area (TPSA) is 3.24 Å². The largest absolute Gasteiger partial charge is 0.310 e. The molecule has 0 bridgehead atoms. The molecule has 13 rings (SSSR count). The molecule has 0 radical (unpaired) electrons. The van der Waals surface area contributed by atoms with Crippen LogP contribution in [0.4, 0.5) is 17.1 Å². The van der Waals surface area contributed by atoms with Crippen LogP contribution in [0.15, 0.2) is 224 Å². The van der Waals surface area contributed by atoms with Gasteiger partial charge in [-0.2, -0.15) is 0 Å². The SMILES string of the molecule is CC1(C)c2ccccc2-c2ccc(N(c3ccc4c(c3)C(C)(C)c3ccccc3-4)c3cc4c(cc3-c3ccc5ccccc5c3)-c3ccccc3C4(c3ccccc3)c3ccccc3)cc21. The summed E-state index contributed by atoms with van der Waals surface area (Å²) in [5, 5.41) is 2.46. The Morgan fingerprint density at radius 2 is 0.742 bits per heavy atom. The molecular weight excluding hydrogens is 795 g/mol. The van der Waals surface area contributed by atoms with Gasteiger partial charge in [-0.1, -0.05) is 210 Å². The maximum absolute atomic E-state index is 2.59. The van der Waals surface area contributed by atoms with Crippen molar-refractivity contribution >= 4 is 27.8 Å². The lowest BCUT2D eigenvalue weighted by Crippen LogP contribution is -2.28. The molecule has 0 unspecified atom stereocenters. The molecule has 1 nitrogen and oxygen atoms in total. The summed E-state index contributed by atoms with van der Waals surface area (Å²) in [4.78, 5) is 2.59. The van der Waals surface area contributed by atoms with Gasteiger partial charge in [0.2, 0.25) is 0 Å². The van der Waals surface area contributed by atoms with E-state index in [-0.39, 0.29) is 10.8 Å². The maximum Gasteiger partial charge on any atom is 0.0714 e. The second kappa shape index (κ2) is 14.1. The normalized spacial score (nSPS) is 15.0. The van der Waals surface area contributed by atoms with Crippen LogP contribution in [0.5, 0.6) is 0 Å². The summed E-state index contributed by atoms with van der Waals surface area (Å²) >= 11 is 0. The molecule has 0 aliphatic heterocycles. The van der Waals surface area contributed by atoms with E-state index in [0.717, 1.165) is 17.1 Å². The summed E-state index contributed by atoms with van der Waals surface area (Å²) in [7, 11) is 0. The van der Waals surface area contributed by atoms with Crippen LogP contribution in [0.2, 0.25) is 0 Å². The molecule has 0 spiro atoms. The summed E-state index contributed by atoms with van der Waals surface area (Å²) in [5.74, 6) is 0. The molecule has 3 aliphatic rings. The Hall–Kier alpha value is -7.74. The molecule has 1 heteroatoms. The van der Waals surface area contributed by atoms with Crippen molar-refractivity contribution in [2.45, 2.75) is 43.9 Å². The molecule has 0 fully saturated rings. The van der Waals surface area contributed by atoms with Crippen LogP contribution in [0, 0.1) is 0 Å². The second-order valence-electron chi connectivity index (χ2n) is 19.6. The number of rotatable bonds is 6. The lowest BCUT2D eigenvalue weighted by molar-refractivity contribution is 0.660. The van der Waals surface area contributed by atoms with Gasteiger partial charge in [-0.05, 0) is 137 Å². The quantitative estimate of drug-likeness (QED) is 0.161. The van der Waals surface area contributed by atoms with Crippen LogP contribution in [0.25, 0.3) is 55.3 Å². The fraction of sp³-hybridized carbons (Fsp3) is 0.108. The van der Waals surface area contributed by atoms with E-state index in [1.165, 1.54) is 99.8 Å². The fourth-order valence-corrected chi connectivity index (χ4v) is 12.3. The molecule has 0 atom stereocenters. The van der Waals surface area contributed by atoms with Crippen LogP contribution < -0.4 is 4.90 Å². The van der Waals surface area contributed by atoms with Gasteiger partial charge in [-0.25, -0.2) is 0 Å². The molecule has 10 aromatic rings. The van der Waals surface area contributed by atoms with E-state index in [9.17, 15) is 0 Å². The Labute approximate surface area is 388 Å². The van der Waals surface area contributed by atoms with Crippen molar-refractivity contribution in [1.82, 2.24) is 0 Å². The predicted octanol–water partition coefficient (Wildman–Crippen LogP) is 17.0. The summed E-state index contributed by atoms with van der Waals surface area (Å²) in [6.07, 6.45) is 0. The monoisotopic (exact) mass is 843 g/mol. The Kier molecular flexibility index (Phi) is 8.28. The van der Waals surface area contributed by atoms with Crippen LogP contribution >= 0.6 is 0 Å². The van der Waals surface area contributed by atoms with Gasteiger partial charge in [-0.15, -0.1) is 0 Å². The lowest BCUT2D eigenvalue weighted by atomic mass is 9.67. The Morgan fingerprint density at radius 1 is 0.288 bits per heavy atom. The summed E-state index contributed by atoms with van der Waals surface area (Å²) in [6, 6.07) is 84.8. The average molecular weight is 844 g/mol. The van der Waals surface area contributed by atoms with Gasteiger partial charge in [0.25, 0.3) is 0 Å². The number of fused-ring (bicyclic) bond motifs is 10. The second-order valence-corrected chi connectivity index (χ2v) is 19.6. The smallest absolute Gasteiger partial charge is 0.0714 e. The predicted molar refractivity (Wildman–Crippen MR) is 276 cm³/mol. The Balaban J connectivity index is 1.16. The lowest BCUT2D eigenvalue weighted by Gasteiger charge is -2.36. The van der Waals surface area contributed by atoms with Crippen molar-refractivity contribution < 1.29 is 0 Å². The molecule has 0 heterocycles. The van der Waals surface area contributed by atoms with E-state index < -0.39 is 5.41 Å². The first-order valence-electron chi connectivity index (χ1n) is 23.4. The number of hydrogen-bond donors (Lipinski definition) is 0. The minimum atomic E-state index is -0.570. The van der Waals surface area contributed by atoms with E-state index in [1.54, 1.807) is 0 Å². The van der Waals surface area contributed by atoms with Gasteiger partial charge in [-0.3, -0.25) is 0 Å². The Morgan fingerprint density at radius 3 is 1.30 bits per heavy atom. The van der Waals surface area contributed by atoms with Gasteiger partial charge in [0.05, 0.1) is 11.1 Å². The molecule has 0 aromatic heterocycles. The average Bonchev–Trinajstić information content (AvgIpc) is 3.88. The van der Waals surface area contributed by atoms with Gasteiger partial charge < -0.3 is 4.90 Å². The molecule has 10 aromatic carbocycles. The highest BCUT2D eigenvalue weighted by Gasteiger charge is 2.47. The number of benzene rings is 10. The van der Waals surface area contributed by atoms with Crippen molar-refractivity contribution in [3.8, 4) is 44.5 Å². The minimum absolute atomic E-state index is 0.175. The zero-order valence-electron chi connectivity index (χ0n) is 37.8. The van der Waals surface area contributed by atoms with Crippen molar-refractivity contribution in [3.63, 3.8) is 0 Å². The Bertz CT molecular complexity index is 3450. The third-order valence-corrected chi connectivity index (χ3v) is 15.5. The van der Waals surface area contributed by atoms with Crippen LogP contribution in [0.3, 0.4) is 0 Å². The molecule has 0 saturated heterocycles. The van der Waals surface area contributed by atoms with Gasteiger partial charge in [0, 0.05) is 27.8 Å². The summed E-state index contributed by atoms with van der Waals surface area (Å²) < 4.78 is 0. The van der Waals surface area contributed by atoms with E-state index in [2.05, 4.69) is 257 Å². The molecule has 0 N–H and O–H groups in total. The number of anilines is 3. The van der Waals surface area contributed by atoms with Gasteiger partial charge in [0.15, 0.2) is 0 Å². The number of nitrogens with zero attached hydrogens (tertiary/aromatic N) is 1.